The summed E-state index contributed by atoms with van der Waals surface area (Å²) in [7, 11) is 0. The van der Waals surface area contributed by atoms with Crippen molar-refractivity contribution in [3.63, 3.8) is 0 Å². The Morgan fingerprint density at radius 3 is 2.83 bits per heavy atom. The largest absolute Gasteiger partial charge is 0.478 e. The third-order valence-corrected chi connectivity index (χ3v) is 3.71. The smallest absolute Gasteiger partial charge is 0.337 e. The van der Waals surface area contributed by atoms with E-state index in [9.17, 15) is 4.79 Å². The van der Waals surface area contributed by atoms with E-state index in [4.69, 9.17) is 5.11 Å². The van der Waals surface area contributed by atoms with Crippen molar-refractivity contribution in [2.24, 2.45) is 11.8 Å². The van der Waals surface area contributed by atoms with Crippen LogP contribution in [0.25, 0.3) is 0 Å². The maximum atomic E-state index is 10.7. The molecular weight excluding hydrogens is 228 g/mol. The van der Waals surface area contributed by atoms with Crippen LogP contribution in [0.3, 0.4) is 0 Å². The van der Waals surface area contributed by atoms with Crippen molar-refractivity contribution in [2.75, 3.05) is 13.1 Å². The zero-order chi connectivity index (χ0) is 13.1. The van der Waals surface area contributed by atoms with Crippen molar-refractivity contribution < 1.29 is 9.90 Å². The van der Waals surface area contributed by atoms with Crippen molar-refractivity contribution in [3.8, 4) is 0 Å². The predicted molar refractivity (Wildman–Crippen MR) is 69.4 cm³/mol. The summed E-state index contributed by atoms with van der Waals surface area (Å²) >= 11 is 0. The van der Waals surface area contributed by atoms with E-state index >= 15 is 0 Å². The fraction of sp³-hybridized carbons (Fsp3) is 0.571. The van der Waals surface area contributed by atoms with Crippen LogP contribution in [0.5, 0.6) is 0 Å². The molecule has 0 saturated carbocycles. The zero-order valence-corrected chi connectivity index (χ0v) is 11.0. The molecule has 0 amide bonds. The molecule has 4 heteroatoms. The highest BCUT2D eigenvalue weighted by molar-refractivity contribution is 5.87. The van der Waals surface area contributed by atoms with Gasteiger partial charge in [-0.3, -0.25) is 9.88 Å². The Hall–Kier alpha value is -1.42. The fourth-order valence-corrected chi connectivity index (χ4v) is 2.42. The highest BCUT2D eigenvalue weighted by atomic mass is 16.4. The van der Waals surface area contributed by atoms with Crippen LogP contribution >= 0.6 is 0 Å². The number of hydrogen-bond acceptors (Lipinski definition) is 3. The quantitative estimate of drug-likeness (QED) is 0.888. The maximum Gasteiger partial charge on any atom is 0.337 e. The molecule has 98 valence electrons. The van der Waals surface area contributed by atoms with Gasteiger partial charge in [-0.2, -0.15) is 0 Å². The van der Waals surface area contributed by atoms with Gasteiger partial charge in [-0.1, -0.05) is 13.8 Å². The predicted octanol–water partition coefficient (Wildman–Crippen LogP) is 2.26. The number of carbonyl (C=O) groups is 1. The monoisotopic (exact) mass is 248 g/mol. The minimum Gasteiger partial charge on any atom is -0.478 e. The van der Waals surface area contributed by atoms with Crippen LogP contribution in [0.2, 0.25) is 0 Å². The Morgan fingerprint density at radius 1 is 1.56 bits per heavy atom. The van der Waals surface area contributed by atoms with Gasteiger partial charge in [-0.05, 0) is 36.9 Å². The molecule has 1 aromatic heterocycles. The molecule has 1 N–H and O–H groups in total. The van der Waals surface area contributed by atoms with E-state index in [2.05, 4.69) is 23.7 Å². The van der Waals surface area contributed by atoms with Crippen LogP contribution in [-0.4, -0.2) is 34.0 Å². The SMILES string of the molecule is CC(C)C1CCN(Cc2ccc(C(=O)O)cn2)C1. The lowest BCUT2D eigenvalue weighted by molar-refractivity contribution is 0.0696. The van der Waals surface area contributed by atoms with Crippen LogP contribution in [0.1, 0.15) is 36.3 Å². The Kier molecular flexibility index (Phi) is 3.97. The molecule has 0 aliphatic carbocycles. The number of carboxylic acids is 1. The molecule has 1 aliphatic heterocycles. The highest BCUT2D eigenvalue weighted by Gasteiger charge is 2.24. The molecule has 0 bridgehead atoms. The van der Waals surface area contributed by atoms with Gasteiger partial charge in [0.25, 0.3) is 0 Å². The van der Waals surface area contributed by atoms with E-state index in [0.29, 0.717) is 0 Å². The van der Waals surface area contributed by atoms with Gasteiger partial charge in [0, 0.05) is 19.3 Å². The molecule has 4 nitrogen and oxygen atoms in total. The summed E-state index contributed by atoms with van der Waals surface area (Å²) in [5.41, 5.74) is 1.20. The van der Waals surface area contributed by atoms with E-state index in [1.807, 2.05) is 6.07 Å². The molecule has 1 saturated heterocycles. The summed E-state index contributed by atoms with van der Waals surface area (Å²) in [6.07, 6.45) is 2.69. The summed E-state index contributed by atoms with van der Waals surface area (Å²) < 4.78 is 0. The maximum absolute atomic E-state index is 10.7. The van der Waals surface area contributed by atoms with Gasteiger partial charge in [0.1, 0.15) is 0 Å². The number of hydrogen-bond donors (Lipinski definition) is 1. The first-order valence-electron chi connectivity index (χ1n) is 6.47. The van der Waals surface area contributed by atoms with Crippen LogP contribution < -0.4 is 0 Å². The van der Waals surface area contributed by atoms with Gasteiger partial charge < -0.3 is 5.11 Å². The van der Waals surface area contributed by atoms with E-state index in [1.54, 1.807) is 6.07 Å². The van der Waals surface area contributed by atoms with Crippen molar-refractivity contribution in [1.82, 2.24) is 9.88 Å². The van der Waals surface area contributed by atoms with Gasteiger partial charge in [0.05, 0.1) is 11.3 Å². The molecule has 1 unspecified atom stereocenters. The van der Waals surface area contributed by atoms with Gasteiger partial charge in [0.15, 0.2) is 0 Å². The summed E-state index contributed by atoms with van der Waals surface area (Å²) in [5, 5.41) is 8.81. The van der Waals surface area contributed by atoms with Crippen molar-refractivity contribution in [1.29, 1.82) is 0 Å². The van der Waals surface area contributed by atoms with Gasteiger partial charge in [-0.15, -0.1) is 0 Å². The molecule has 18 heavy (non-hydrogen) atoms. The second-order valence-electron chi connectivity index (χ2n) is 5.37. The average Bonchev–Trinajstić information content (AvgIpc) is 2.78. The summed E-state index contributed by atoms with van der Waals surface area (Å²) in [4.78, 5) is 17.3. The van der Waals surface area contributed by atoms with Gasteiger partial charge in [0.2, 0.25) is 0 Å². The highest BCUT2D eigenvalue weighted by Crippen LogP contribution is 2.24. The fourth-order valence-electron chi connectivity index (χ4n) is 2.42. The van der Waals surface area contributed by atoms with Crippen LogP contribution in [0, 0.1) is 11.8 Å². The Balaban J connectivity index is 1.92. The molecule has 0 spiro atoms. The molecule has 2 heterocycles. The summed E-state index contributed by atoms with van der Waals surface area (Å²) in [6.45, 7) is 7.61. The molecule has 1 aromatic rings. The van der Waals surface area contributed by atoms with E-state index < -0.39 is 5.97 Å². The van der Waals surface area contributed by atoms with Gasteiger partial charge in [-0.25, -0.2) is 4.79 Å². The molecule has 0 aromatic carbocycles. The third kappa shape index (κ3) is 3.07. The Morgan fingerprint density at radius 2 is 2.33 bits per heavy atom. The van der Waals surface area contributed by atoms with E-state index in [-0.39, 0.29) is 5.56 Å². The molecular formula is C14H20N2O2. The normalized spacial score (nSPS) is 20.5. The standard InChI is InChI=1S/C14H20N2O2/c1-10(2)12-5-6-16(8-12)9-13-4-3-11(7-15-13)14(17)18/h3-4,7,10,12H,5-6,8-9H2,1-2H3,(H,17,18). The number of rotatable bonds is 4. The molecule has 0 radical (unpaired) electrons. The van der Waals surface area contributed by atoms with E-state index in [1.165, 1.54) is 12.6 Å². The lowest BCUT2D eigenvalue weighted by atomic mass is 9.95. The molecule has 2 rings (SSSR count). The van der Waals surface area contributed by atoms with Crippen LogP contribution in [0.4, 0.5) is 0 Å². The lowest BCUT2D eigenvalue weighted by Gasteiger charge is -2.17. The Labute approximate surface area is 108 Å². The second kappa shape index (κ2) is 5.48. The first-order chi connectivity index (χ1) is 8.56. The number of carboxylic acid groups (broad SMARTS) is 1. The van der Waals surface area contributed by atoms with Crippen molar-refractivity contribution in [2.45, 2.75) is 26.8 Å². The number of aromatic carboxylic acids is 1. The van der Waals surface area contributed by atoms with Crippen LogP contribution in [0.15, 0.2) is 18.3 Å². The van der Waals surface area contributed by atoms with Gasteiger partial charge >= 0.3 is 5.97 Å². The third-order valence-electron chi connectivity index (χ3n) is 3.71. The summed E-state index contributed by atoms with van der Waals surface area (Å²) in [6, 6.07) is 3.44. The number of likely N-dealkylation sites (tertiary alicyclic amines) is 1. The molecule has 1 atom stereocenters. The molecule has 1 fully saturated rings. The number of aromatic nitrogens is 1. The van der Waals surface area contributed by atoms with Crippen molar-refractivity contribution >= 4 is 5.97 Å². The Bertz CT molecular complexity index is 414. The zero-order valence-electron chi connectivity index (χ0n) is 11.0. The molecule has 1 aliphatic rings. The van der Waals surface area contributed by atoms with Crippen LogP contribution in [-0.2, 0) is 6.54 Å². The first kappa shape index (κ1) is 13.0. The minimum atomic E-state index is -0.921. The van der Waals surface area contributed by atoms with E-state index in [0.717, 1.165) is 37.2 Å². The second-order valence-corrected chi connectivity index (χ2v) is 5.37. The number of nitrogens with zero attached hydrogens (tertiary/aromatic N) is 2. The lowest BCUT2D eigenvalue weighted by Crippen LogP contribution is -2.22. The van der Waals surface area contributed by atoms with Crippen molar-refractivity contribution in [3.05, 3.63) is 29.6 Å². The summed E-state index contributed by atoms with van der Waals surface area (Å²) in [5.74, 6) is 0.593. The first-order valence-corrected chi connectivity index (χ1v) is 6.47. The topological polar surface area (TPSA) is 53.4 Å². The average molecular weight is 248 g/mol. The number of pyridine rings is 1. The minimum absolute atomic E-state index is 0.250.